The van der Waals surface area contributed by atoms with Gasteiger partial charge in [-0.15, -0.1) is 0 Å². The second-order valence-corrected chi connectivity index (χ2v) is 5.03. The van der Waals surface area contributed by atoms with Crippen LogP contribution < -0.4 is 5.32 Å². The fourth-order valence-electron chi connectivity index (χ4n) is 2.37. The zero-order valence-electron chi connectivity index (χ0n) is 11.7. The maximum atomic E-state index is 5.90. The number of ether oxygens (including phenoxy) is 2. The summed E-state index contributed by atoms with van der Waals surface area (Å²) in [4.78, 5) is 2.49. The van der Waals surface area contributed by atoms with Crippen LogP contribution in [-0.2, 0) is 9.47 Å². The Balaban J connectivity index is 2.39. The van der Waals surface area contributed by atoms with Crippen LogP contribution in [0, 0.1) is 0 Å². The van der Waals surface area contributed by atoms with Crippen LogP contribution in [0.1, 0.15) is 26.7 Å². The average Bonchev–Trinajstić information content (AvgIpc) is 2.35. The summed E-state index contributed by atoms with van der Waals surface area (Å²) in [5.74, 6) is 0. The largest absolute Gasteiger partial charge is 0.385 e. The number of nitrogens with one attached hydrogen (secondary N) is 1. The van der Waals surface area contributed by atoms with Gasteiger partial charge in [-0.05, 0) is 33.7 Å². The highest BCUT2D eigenvalue weighted by molar-refractivity contribution is 4.83. The molecule has 0 saturated carbocycles. The lowest BCUT2D eigenvalue weighted by Gasteiger charge is -2.39. The minimum Gasteiger partial charge on any atom is -0.385 e. The van der Waals surface area contributed by atoms with E-state index in [1.807, 2.05) is 7.05 Å². The molecule has 4 nitrogen and oxygen atoms in total. The van der Waals surface area contributed by atoms with Gasteiger partial charge in [0.25, 0.3) is 0 Å². The van der Waals surface area contributed by atoms with Crippen molar-refractivity contribution in [2.45, 2.75) is 44.9 Å². The zero-order chi connectivity index (χ0) is 12.7. The van der Waals surface area contributed by atoms with Crippen molar-refractivity contribution in [3.05, 3.63) is 0 Å². The molecule has 0 bridgehead atoms. The van der Waals surface area contributed by atoms with Gasteiger partial charge < -0.3 is 14.8 Å². The molecule has 0 amide bonds. The first-order chi connectivity index (χ1) is 8.19. The third kappa shape index (κ3) is 4.92. The Kier molecular flexibility index (Phi) is 7.04. The quantitative estimate of drug-likeness (QED) is 0.680. The van der Waals surface area contributed by atoms with E-state index in [0.717, 1.165) is 39.1 Å². The fourth-order valence-corrected chi connectivity index (χ4v) is 2.37. The van der Waals surface area contributed by atoms with Crippen LogP contribution in [0.15, 0.2) is 0 Å². The molecule has 1 saturated heterocycles. The van der Waals surface area contributed by atoms with Crippen LogP contribution in [0.4, 0.5) is 0 Å². The lowest BCUT2D eigenvalue weighted by atomic mass is 10.0. The zero-order valence-corrected chi connectivity index (χ0v) is 11.7. The molecule has 2 unspecified atom stereocenters. The van der Waals surface area contributed by atoms with E-state index in [9.17, 15) is 0 Å². The summed E-state index contributed by atoms with van der Waals surface area (Å²) in [6.07, 6.45) is 2.51. The van der Waals surface area contributed by atoms with Gasteiger partial charge in [-0.3, -0.25) is 4.90 Å². The smallest absolute Gasteiger partial charge is 0.0855 e. The fraction of sp³-hybridized carbons (Fsp3) is 1.00. The third-order valence-corrected chi connectivity index (χ3v) is 3.54. The Hall–Kier alpha value is -0.160. The molecule has 0 aromatic carbocycles. The van der Waals surface area contributed by atoms with Gasteiger partial charge in [0, 0.05) is 38.9 Å². The van der Waals surface area contributed by atoms with Gasteiger partial charge in [0.2, 0.25) is 0 Å². The molecule has 1 rings (SSSR count). The molecule has 0 aromatic rings. The Morgan fingerprint density at radius 3 is 2.82 bits per heavy atom. The first-order valence-electron chi connectivity index (χ1n) is 6.71. The Morgan fingerprint density at radius 2 is 2.24 bits per heavy atom. The van der Waals surface area contributed by atoms with Crippen molar-refractivity contribution >= 4 is 0 Å². The van der Waals surface area contributed by atoms with E-state index in [1.165, 1.54) is 0 Å². The first-order valence-corrected chi connectivity index (χ1v) is 6.71. The monoisotopic (exact) mass is 244 g/mol. The molecular weight excluding hydrogens is 216 g/mol. The van der Waals surface area contributed by atoms with Crippen LogP contribution in [0.2, 0.25) is 0 Å². The number of morpholine rings is 1. The van der Waals surface area contributed by atoms with Crippen molar-refractivity contribution in [1.29, 1.82) is 0 Å². The Bertz CT molecular complexity index is 200. The molecule has 0 aromatic heterocycles. The maximum absolute atomic E-state index is 5.90. The van der Waals surface area contributed by atoms with Gasteiger partial charge in [-0.2, -0.15) is 0 Å². The van der Waals surface area contributed by atoms with E-state index in [-0.39, 0.29) is 0 Å². The van der Waals surface area contributed by atoms with Crippen molar-refractivity contribution < 1.29 is 9.47 Å². The first kappa shape index (κ1) is 14.9. The third-order valence-electron chi connectivity index (χ3n) is 3.54. The molecule has 0 spiro atoms. The van der Waals surface area contributed by atoms with Crippen LogP contribution >= 0.6 is 0 Å². The van der Waals surface area contributed by atoms with Crippen molar-refractivity contribution in [2.24, 2.45) is 0 Å². The normalized spacial score (nSPS) is 24.2. The second-order valence-electron chi connectivity index (χ2n) is 5.03. The van der Waals surface area contributed by atoms with Crippen LogP contribution in [-0.4, -0.2) is 63.5 Å². The minimum atomic E-state index is 0.313. The molecule has 1 aliphatic heterocycles. The van der Waals surface area contributed by atoms with E-state index in [4.69, 9.17) is 9.47 Å². The molecule has 102 valence electrons. The molecule has 1 fully saturated rings. The lowest BCUT2D eigenvalue weighted by Crippen LogP contribution is -2.53. The van der Waals surface area contributed by atoms with E-state index < -0.39 is 0 Å². The highest BCUT2D eigenvalue weighted by Crippen LogP contribution is 2.14. The van der Waals surface area contributed by atoms with Gasteiger partial charge in [-0.1, -0.05) is 0 Å². The Morgan fingerprint density at radius 1 is 1.47 bits per heavy atom. The number of hydrogen-bond acceptors (Lipinski definition) is 4. The molecular formula is C13H28N2O2. The summed E-state index contributed by atoms with van der Waals surface area (Å²) >= 11 is 0. The van der Waals surface area contributed by atoms with Crippen molar-refractivity contribution in [1.82, 2.24) is 10.2 Å². The topological polar surface area (TPSA) is 33.7 Å². The highest BCUT2D eigenvalue weighted by Gasteiger charge is 2.27. The van der Waals surface area contributed by atoms with Crippen LogP contribution in [0.3, 0.4) is 0 Å². The van der Waals surface area contributed by atoms with Gasteiger partial charge in [-0.25, -0.2) is 0 Å². The van der Waals surface area contributed by atoms with Gasteiger partial charge in [0.1, 0.15) is 0 Å². The summed E-state index contributed by atoms with van der Waals surface area (Å²) in [6, 6.07) is 1.05. The minimum absolute atomic E-state index is 0.313. The molecule has 2 atom stereocenters. The van der Waals surface area contributed by atoms with E-state index >= 15 is 0 Å². The number of methoxy groups -OCH3 is 1. The SMILES string of the molecule is CNC(CCCOC)C1CN(C(C)C)CCO1. The van der Waals surface area contributed by atoms with Crippen LogP contribution in [0.5, 0.6) is 0 Å². The summed E-state index contributed by atoms with van der Waals surface area (Å²) in [6.45, 7) is 8.28. The molecule has 4 heteroatoms. The van der Waals surface area contributed by atoms with Crippen LogP contribution in [0.25, 0.3) is 0 Å². The lowest BCUT2D eigenvalue weighted by molar-refractivity contribution is -0.0562. The van der Waals surface area contributed by atoms with E-state index in [0.29, 0.717) is 18.2 Å². The van der Waals surface area contributed by atoms with E-state index in [2.05, 4.69) is 24.1 Å². The molecule has 1 heterocycles. The van der Waals surface area contributed by atoms with Crippen molar-refractivity contribution in [3.8, 4) is 0 Å². The number of rotatable bonds is 7. The van der Waals surface area contributed by atoms with Gasteiger partial charge in [0.15, 0.2) is 0 Å². The predicted octanol–water partition coefficient (Wildman–Crippen LogP) is 1.11. The van der Waals surface area contributed by atoms with Gasteiger partial charge >= 0.3 is 0 Å². The highest BCUT2D eigenvalue weighted by atomic mass is 16.5. The number of nitrogens with zero attached hydrogens (tertiary/aromatic N) is 1. The number of likely N-dealkylation sites (N-methyl/N-ethyl adjacent to an activating group) is 1. The average molecular weight is 244 g/mol. The van der Waals surface area contributed by atoms with E-state index in [1.54, 1.807) is 7.11 Å². The number of hydrogen-bond donors (Lipinski definition) is 1. The Labute approximate surface area is 106 Å². The summed E-state index contributed by atoms with van der Waals surface area (Å²) < 4.78 is 11.0. The molecule has 0 radical (unpaired) electrons. The van der Waals surface area contributed by atoms with Crippen molar-refractivity contribution in [3.63, 3.8) is 0 Å². The van der Waals surface area contributed by atoms with Crippen molar-refractivity contribution in [2.75, 3.05) is 40.5 Å². The maximum Gasteiger partial charge on any atom is 0.0855 e. The molecule has 1 N–H and O–H groups in total. The summed E-state index contributed by atoms with van der Waals surface area (Å²) in [5.41, 5.74) is 0. The summed E-state index contributed by atoms with van der Waals surface area (Å²) in [7, 11) is 3.78. The predicted molar refractivity (Wildman–Crippen MR) is 70.4 cm³/mol. The standard InChI is InChI=1S/C13H28N2O2/c1-11(2)15-7-9-17-13(10-15)12(14-3)6-5-8-16-4/h11-14H,5-10H2,1-4H3. The molecule has 17 heavy (non-hydrogen) atoms. The molecule has 0 aliphatic carbocycles. The summed E-state index contributed by atoms with van der Waals surface area (Å²) in [5, 5.41) is 3.38. The second kappa shape index (κ2) is 8.03. The molecule has 1 aliphatic rings. The van der Waals surface area contributed by atoms with Gasteiger partial charge in [0.05, 0.1) is 12.7 Å².